The minimum absolute atomic E-state index is 0.433. The van der Waals surface area contributed by atoms with E-state index in [-0.39, 0.29) is 0 Å². The van der Waals surface area contributed by atoms with Gasteiger partial charge in [-0.3, -0.25) is 4.40 Å². The molecule has 0 radical (unpaired) electrons. The van der Waals surface area contributed by atoms with Crippen LogP contribution in [0.4, 0.5) is 0 Å². The number of benzene rings is 1. The summed E-state index contributed by atoms with van der Waals surface area (Å²) in [6.07, 6.45) is 1.74. The lowest BCUT2D eigenvalue weighted by Crippen LogP contribution is -1.91. The van der Waals surface area contributed by atoms with E-state index in [4.69, 9.17) is 28.5 Å². The van der Waals surface area contributed by atoms with Crippen molar-refractivity contribution >= 4 is 28.8 Å². The summed E-state index contributed by atoms with van der Waals surface area (Å²) in [6.45, 7) is 0. The Kier molecular flexibility index (Phi) is 2.86. The van der Waals surface area contributed by atoms with Crippen molar-refractivity contribution in [2.24, 2.45) is 0 Å². The fraction of sp³-hybridized carbons (Fsp3) is 0. The molecule has 0 spiro atoms. The number of nitriles is 1. The first kappa shape index (κ1) is 12.0. The molecule has 2 heterocycles. The molecule has 19 heavy (non-hydrogen) atoms. The first-order chi connectivity index (χ1) is 9.20. The summed E-state index contributed by atoms with van der Waals surface area (Å²) in [5.74, 6) is 0.590. The molecule has 0 bridgehead atoms. The van der Waals surface area contributed by atoms with Gasteiger partial charge >= 0.3 is 0 Å². The van der Waals surface area contributed by atoms with Gasteiger partial charge in [0.05, 0.1) is 21.7 Å². The van der Waals surface area contributed by atoms with Crippen LogP contribution in [0.2, 0.25) is 10.0 Å². The second kappa shape index (κ2) is 4.54. The van der Waals surface area contributed by atoms with Crippen molar-refractivity contribution in [1.29, 1.82) is 5.26 Å². The van der Waals surface area contributed by atoms with E-state index in [1.165, 1.54) is 0 Å². The molecule has 0 aliphatic carbocycles. The lowest BCUT2D eigenvalue weighted by Gasteiger charge is -2.04. The van der Waals surface area contributed by atoms with Crippen LogP contribution in [-0.2, 0) is 0 Å². The Labute approximate surface area is 118 Å². The minimum atomic E-state index is 0.433. The Morgan fingerprint density at radius 1 is 1.16 bits per heavy atom. The van der Waals surface area contributed by atoms with Crippen molar-refractivity contribution in [3.05, 3.63) is 52.1 Å². The highest BCUT2D eigenvalue weighted by Gasteiger charge is 2.13. The molecule has 0 fully saturated rings. The maximum atomic E-state index is 8.86. The SMILES string of the molecule is N#Cc1ccn2c(-c3cccc(Cl)c3Cl)nnc2c1. The molecule has 92 valence electrons. The zero-order valence-electron chi connectivity index (χ0n) is 9.51. The monoisotopic (exact) mass is 288 g/mol. The summed E-state index contributed by atoms with van der Waals surface area (Å²) in [6, 6.07) is 10.7. The smallest absolute Gasteiger partial charge is 0.169 e. The fourth-order valence-electron chi connectivity index (χ4n) is 1.82. The molecule has 0 amide bonds. The van der Waals surface area contributed by atoms with Crippen molar-refractivity contribution < 1.29 is 0 Å². The standard InChI is InChI=1S/C13H6Cl2N4/c14-10-3-1-2-9(12(10)15)13-18-17-11-6-8(7-16)4-5-19(11)13/h1-6H. The number of hydrogen-bond donors (Lipinski definition) is 0. The van der Waals surface area contributed by atoms with Gasteiger partial charge in [-0.25, -0.2) is 0 Å². The summed E-state index contributed by atoms with van der Waals surface area (Å²) < 4.78 is 1.76. The van der Waals surface area contributed by atoms with Gasteiger partial charge in [0.25, 0.3) is 0 Å². The number of rotatable bonds is 1. The van der Waals surface area contributed by atoms with E-state index in [9.17, 15) is 0 Å². The average Bonchev–Trinajstić information content (AvgIpc) is 2.84. The van der Waals surface area contributed by atoms with Gasteiger partial charge in [0.15, 0.2) is 11.5 Å². The van der Waals surface area contributed by atoms with Gasteiger partial charge in [0, 0.05) is 17.8 Å². The fourth-order valence-corrected chi connectivity index (χ4v) is 2.21. The van der Waals surface area contributed by atoms with E-state index in [0.29, 0.717) is 32.6 Å². The summed E-state index contributed by atoms with van der Waals surface area (Å²) in [5.41, 5.74) is 1.82. The first-order valence-electron chi connectivity index (χ1n) is 5.40. The molecule has 0 aliphatic rings. The van der Waals surface area contributed by atoms with Gasteiger partial charge in [-0.1, -0.05) is 29.3 Å². The first-order valence-corrected chi connectivity index (χ1v) is 6.15. The zero-order valence-corrected chi connectivity index (χ0v) is 11.0. The Balaban J connectivity index is 2.27. The molecule has 2 aromatic heterocycles. The third kappa shape index (κ3) is 1.93. The van der Waals surface area contributed by atoms with Crippen LogP contribution < -0.4 is 0 Å². The van der Waals surface area contributed by atoms with E-state index in [2.05, 4.69) is 16.3 Å². The molecule has 0 unspecified atom stereocenters. The molecule has 4 nitrogen and oxygen atoms in total. The molecular weight excluding hydrogens is 283 g/mol. The Morgan fingerprint density at radius 3 is 2.79 bits per heavy atom. The quantitative estimate of drug-likeness (QED) is 0.688. The maximum Gasteiger partial charge on any atom is 0.169 e. The third-order valence-corrected chi connectivity index (χ3v) is 3.55. The van der Waals surface area contributed by atoms with E-state index in [0.717, 1.165) is 0 Å². The molecular formula is C13H6Cl2N4. The van der Waals surface area contributed by atoms with Crippen LogP contribution in [0.5, 0.6) is 0 Å². The van der Waals surface area contributed by atoms with Crippen LogP contribution in [0.1, 0.15) is 5.56 Å². The third-order valence-electron chi connectivity index (χ3n) is 2.73. The number of halogens is 2. The topological polar surface area (TPSA) is 54.0 Å². The molecule has 0 N–H and O–H groups in total. The Bertz CT molecular complexity index is 817. The second-order valence-corrected chi connectivity index (χ2v) is 4.67. The lowest BCUT2D eigenvalue weighted by atomic mass is 10.2. The number of hydrogen-bond acceptors (Lipinski definition) is 3. The maximum absolute atomic E-state index is 8.86. The van der Waals surface area contributed by atoms with Crippen LogP contribution in [-0.4, -0.2) is 14.6 Å². The van der Waals surface area contributed by atoms with Crippen LogP contribution in [0, 0.1) is 11.3 Å². The molecule has 0 saturated carbocycles. The van der Waals surface area contributed by atoms with Crippen molar-refractivity contribution in [1.82, 2.24) is 14.6 Å². The summed E-state index contributed by atoms with van der Waals surface area (Å²) in [7, 11) is 0. The van der Waals surface area contributed by atoms with E-state index >= 15 is 0 Å². The Morgan fingerprint density at radius 2 is 2.00 bits per heavy atom. The highest BCUT2D eigenvalue weighted by atomic mass is 35.5. The predicted molar refractivity (Wildman–Crippen MR) is 73.2 cm³/mol. The molecule has 0 saturated heterocycles. The number of fused-ring (bicyclic) bond motifs is 1. The van der Waals surface area contributed by atoms with E-state index < -0.39 is 0 Å². The molecule has 0 atom stereocenters. The molecule has 3 rings (SSSR count). The van der Waals surface area contributed by atoms with Crippen molar-refractivity contribution in [2.75, 3.05) is 0 Å². The van der Waals surface area contributed by atoms with Gasteiger partial charge in [-0.15, -0.1) is 10.2 Å². The second-order valence-electron chi connectivity index (χ2n) is 3.88. The highest BCUT2D eigenvalue weighted by molar-refractivity contribution is 6.43. The van der Waals surface area contributed by atoms with E-state index in [1.807, 2.05) is 6.07 Å². The molecule has 6 heteroatoms. The van der Waals surface area contributed by atoms with Gasteiger partial charge in [0.2, 0.25) is 0 Å². The van der Waals surface area contributed by atoms with E-state index in [1.54, 1.807) is 34.9 Å². The van der Waals surface area contributed by atoms with Gasteiger partial charge < -0.3 is 0 Å². The lowest BCUT2D eigenvalue weighted by molar-refractivity contribution is 1.11. The summed E-state index contributed by atoms with van der Waals surface area (Å²) >= 11 is 12.2. The number of aromatic nitrogens is 3. The normalized spacial score (nSPS) is 10.6. The number of nitrogens with zero attached hydrogens (tertiary/aromatic N) is 4. The molecule has 3 aromatic rings. The predicted octanol–water partition coefficient (Wildman–Crippen LogP) is 3.57. The van der Waals surface area contributed by atoms with Crippen molar-refractivity contribution in [2.45, 2.75) is 0 Å². The van der Waals surface area contributed by atoms with Gasteiger partial charge in [-0.2, -0.15) is 5.26 Å². The summed E-state index contributed by atoms with van der Waals surface area (Å²) in [4.78, 5) is 0. The van der Waals surface area contributed by atoms with Crippen LogP contribution >= 0.6 is 23.2 Å². The highest BCUT2D eigenvalue weighted by Crippen LogP contribution is 2.32. The molecule has 1 aromatic carbocycles. The molecule has 0 aliphatic heterocycles. The van der Waals surface area contributed by atoms with Gasteiger partial charge in [-0.05, 0) is 18.2 Å². The largest absolute Gasteiger partial charge is 0.282 e. The van der Waals surface area contributed by atoms with Crippen molar-refractivity contribution in [3.63, 3.8) is 0 Å². The average molecular weight is 289 g/mol. The minimum Gasteiger partial charge on any atom is -0.282 e. The van der Waals surface area contributed by atoms with Crippen LogP contribution in [0.25, 0.3) is 17.0 Å². The Hall–Kier alpha value is -2.09. The summed E-state index contributed by atoms with van der Waals surface area (Å²) in [5, 5.41) is 17.9. The van der Waals surface area contributed by atoms with Crippen LogP contribution in [0.15, 0.2) is 36.5 Å². The van der Waals surface area contributed by atoms with Crippen molar-refractivity contribution in [3.8, 4) is 17.5 Å². The van der Waals surface area contributed by atoms with Crippen LogP contribution in [0.3, 0.4) is 0 Å². The van der Waals surface area contributed by atoms with Gasteiger partial charge in [0.1, 0.15) is 0 Å². The number of pyridine rings is 1. The zero-order chi connectivity index (χ0) is 13.4.